The van der Waals surface area contributed by atoms with Crippen LogP contribution in [0.2, 0.25) is 0 Å². The van der Waals surface area contributed by atoms with E-state index in [4.69, 9.17) is 5.11 Å². The average molecular weight is 420 g/mol. The van der Waals surface area contributed by atoms with E-state index < -0.39 is 17.7 Å². The number of hydrogen-bond acceptors (Lipinski definition) is 2. The Hall–Kier alpha value is -2.61. The molecular weight excluding hydrogens is 406 g/mol. The molecule has 0 aliphatic rings. The van der Waals surface area contributed by atoms with Gasteiger partial charge in [0.15, 0.2) is 5.43 Å². The molecule has 1 N–H and O–H groups in total. The number of nitrogens with zero attached hydrogens (tertiary/aromatic N) is 1. The molecule has 0 bridgehead atoms. The van der Waals surface area contributed by atoms with E-state index in [1.54, 1.807) is 41.0 Å². The van der Waals surface area contributed by atoms with Gasteiger partial charge in [0, 0.05) is 46.9 Å². The number of pyridine rings is 1. The standard InChI is InChI=1S/C22H14F3NO3.Na/c23-22(24,25)15-9-10-17-19(11-15)26(18-4-2-1-3-16(18)20(17)27)12-13-5-7-14(8-6-13)21(28)29;/h1-11H,12H2,(H,28,29);. The Morgan fingerprint density at radius 3 is 2.17 bits per heavy atom. The van der Waals surface area contributed by atoms with Crippen LogP contribution in [-0.2, 0) is 12.7 Å². The van der Waals surface area contributed by atoms with Crippen molar-refractivity contribution in [2.75, 3.05) is 0 Å². The maximum absolute atomic E-state index is 13.3. The van der Waals surface area contributed by atoms with Gasteiger partial charge in [0.05, 0.1) is 22.2 Å². The third kappa shape index (κ3) is 4.01. The van der Waals surface area contributed by atoms with E-state index in [1.807, 2.05) is 0 Å². The summed E-state index contributed by atoms with van der Waals surface area (Å²) in [6.07, 6.45) is -4.54. The minimum absolute atomic E-state index is 0. The summed E-state index contributed by atoms with van der Waals surface area (Å²) >= 11 is 0. The van der Waals surface area contributed by atoms with Crippen LogP contribution in [0.15, 0.2) is 71.5 Å². The molecule has 0 aliphatic carbocycles. The smallest absolute Gasteiger partial charge is 0.416 e. The van der Waals surface area contributed by atoms with Crippen LogP contribution >= 0.6 is 0 Å². The number of halogens is 3. The second kappa shape index (κ2) is 8.26. The molecule has 0 unspecified atom stereocenters. The monoisotopic (exact) mass is 420 g/mol. The van der Waals surface area contributed by atoms with Crippen molar-refractivity contribution in [1.82, 2.24) is 4.57 Å². The predicted molar refractivity (Wildman–Crippen MR) is 109 cm³/mol. The molecule has 4 nitrogen and oxygen atoms in total. The van der Waals surface area contributed by atoms with Crippen LogP contribution < -0.4 is 5.43 Å². The fourth-order valence-corrected chi connectivity index (χ4v) is 3.40. The number of aromatic nitrogens is 1. The van der Waals surface area contributed by atoms with Crippen molar-refractivity contribution in [3.8, 4) is 0 Å². The second-order valence-electron chi connectivity index (χ2n) is 6.66. The quantitative estimate of drug-likeness (QED) is 0.391. The molecule has 0 spiro atoms. The molecule has 1 radical (unpaired) electrons. The number of carboxylic acid groups (broad SMARTS) is 1. The normalized spacial score (nSPS) is 11.4. The summed E-state index contributed by atoms with van der Waals surface area (Å²) in [6.45, 7) is 0.179. The number of benzene rings is 3. The number of rotatable bonds is 3. The fourth-order valence-electron chi connectivity index (χ4n) is 3.40. The Bertz CT molecular complexity index is 1310. The van der Waals surface area contributed by atoms with Gasteiger partial charge in [0.1, 0.15) is 0 Å². The Kier molecular flexibility index (Phi) is 6.08. The third-order valence-electron chi connectivity index (χ3n) is 4.84. The van der Waals surface area contributed by atoms with E-state index >= 15 is 0 Å². The molecule has 0 aliphatic heterocycles. The molecule has 8 heteroatoms. The first-order valence-corrected chi connectivity index (χ1v) is 8.70. The Balaban J connectivity index is 0.00000256. The van der Waals surface area contributed by atoms with Crippen molar-refractivity contribution in [3.63, 3.8) is 0 Å². The van der Waals surface area contributed by atoms with E-state index in [0.29, 0.717) is 16.5 Å². The Morgan fingerprint density at radius 1 is 0.900 bits per heavy atom. The number of carbonyl (C=O) groups is 1. The largest absolute Gasteiger partial charge is 0.478 e. The minimum atomic E-state index is -4.54. The van der Waals surface area contributed by atoms with Crippen molar-refractivity contribution in [3.05, 3.63) is 93.6 Å². The average Bonchev–Trinajstić information content (AvgIpc) is 2.70. The SMILES string of the molecule is O=C(O)c1ccc(Cn2c3ccccc3c(=O)c3ccc(C(F)(F)F)cc32)cc1.[Na]. The van der Waals surface area contributed by atoms with Gasteiger partial charge in [-0.25, -0.2) is 4.79 Å². The molecule has 0 atom stereocenters. The van der Waals surface area contributed by atoms with Gasteiger partial charge in [0.2, 0.25) is 0 Å². The first-order valence-electron chi connectivity index (χ1n) is 8.70. The van der Waals surface area contributed by atoms with E-state index in [-0.39, 0.29) is 58.0 Å². The zero-order valence-corrected chi connectivity index (χ0v) is 17.9. The van der Waals surface area contributed by atoms with Crippen molar-refractivity contribution in [2.45, 2.75) is 12.7 Å². The second-order valence-corrected chi connectivity index (χ2v) is 6.66. The number of alkyl halides is 3. The summed E-state index contributed by atoms with van der Waals surface area (Å²) in [5.74, 6) is -1.06. The van der Waals surface area contributed by atoms with Crippen molar-refractivity contribution in [1.29, 1.82) is 0 Å². The zero-order valence-electron chi connectivity index (χ0n) is 15.9. The minimum Gasteiger partial charge on any atom is -0.478 e. The maximum atomic E-state index is 13.3. The van der Waals surface area contributed by atoms with Crippen LogP contribution in [0.4, 0.5) is 13.2 Å². The topological polar surface area (TPSA) is 59.3 Å². The van der Waals surface area contributed by atoms with Crippen molar-refractivity contribution in [2.24, 2.45) is 0 Å². The number of hydrogen-bond donors (Lipinski definition) is 1. The number of para-hydroxylation sites is 1. The molecule has 1 aromatic heterocycles. The van der Waals surface area contributed by atoms with E-state index in [1.165, 1.54) is 18.2 Å². The molecule has 147 valence electrons. The molecule has 0 fully saturated rings. The molecule has 4 rings (SSSR count). The molecule has 3 aromatic carbocycles. The van der Waals surface area contributed by atoms with E-state index in [2.05, 4.69) is 0 Å². The van der Waals surface area contributed by atoms with Crippen LogP contribution in [0.3, 0.4) is 0 Å². The summed E-state index contributed by atoms with van der Waals surface area (Å²) in [7, 11) is 0. The molecule has 1 heterocycles. The maximum Gasteiger partial charge on any atom is 0.416 e. The van der Waals surface area contributed by atoms with E-state index in [9.17, 15) is 22.8 Å². The van der Waals surface area contributed by atoms with Gasteiger partial charge in [0.25, 0.3) is 0 Å². The van der Waals surface area contributed by atoms with Gasteiger partial charge in [-0.05, 0) is 48.0 Å². The van der Waals surface area contributed by atoms with Gasteiger partial charge in [-0.15, -0.1) is 0 Å². The zero-order chi connectivity index (χ0) is 20.8. The van der Waals surface area contributed by atoms with Crippen molar-refractivity contribution < 1.29 is 23.1 Å². The van der Waals surface area contributed by atoms with Gasteiger partial charge >= 0.3 is 12.1 Å². The summed E-state index contributed by atoms with van der Waals surface area (Å²) in [5, 5.41) is 9.64. The van der Waals surface area contributed by atoms with Gasteiger partial charge in [-0.2, -0.15) is 13.2 Å². The number of carboxylic acids is 1. The predicted octanol–water partition coefficient (Wildman–Crippen LogP) is 4.54. The van der Waals surface area contributed by atoms with E-state index in [0.717, 1.165) is 12.1 Å². The molecule has 0 amide bonds. The molecule has 0 saturated carbocycles. The summed E-state index contributed by atoms with van der Waals surface area (Å²) in [5.41, 5.74) is 0.319. The van der Waals surface area contributed by atoms with Crippen LogP contribution in [0.5, 0.6) is 0 Å². The van der Waals surface area contributed by atoms with Crippen molar-refractivity contribution >= 4 is 57.3 Å². The molecular formula is C22H14F3NNaO3. The molecule has 0 saturated heterocycles. The van der Waals surface area contributed by atoms with Crippen LogP contribution in [0, 0.1) is 0 Å². The van der Waals surface area contributed by atoms with Gasteiger partial charge < -0.3 is 9.67 Å². The summed E-state index contributed by atoms with van der Waals surface area (Å²) in [6, 6.07) is 15.9. The summed E-state index contributed by atoms with van der Waals surface area (Å²) < 4.78 is 41.4. The summed E-state index contributed by atoms with van der Waals surface area (Å²) in [4.78, 5) is 23.9. The third-order valence-corrected chi connectivity index (χ3v) is 4.84. The fraction of sp³-hybridized carbons (Fsp3) is 0.0909. The van der Waals surface area contributed by atoms with Crippen LogP contribution in [-0.4, -0.2) is 45.2 Å². The number of fused-ring (bicyclic) bond motifs is 2. The van der Waals surface area contributed by atoms with Gasteiger partial charge in [-0.3, -0.25) is 4.79 Å². The van der Waals surface area contributed by atoms with Crippen LogP contribution in [0.1, 0.15) is 21.5 Å². The van der Waals surface area contributed by atoms with Gasteiger partial charge in [-0.1, -0.05) is 24.3 Å². The molecule has 4 aromatic rings. The van der Waals surface area contributed by atoms with Crippen LogP contribution in [0.25, 0.3) is 21.8 Å². The Morgan fingerprint density at radius 2 is 1.53 bits per heavy atom. The number of aromatic carboxylic acids is 1. The molecule has 30 heavy (non-hydrogen) atoms. The first-order chi connectivity index (χ1) is 13.8. The first kappa shape index (κ1) is 22.1. The Labute approximate surface area is 190 Å².